The molecule has 10 heteroatoms. The zero-order valence-corrected chi connectivity index (χ0v) is 26.5. The van der Waals surface area contributed by atoms with Crippen molar-refractivity contribution in [2.45, 2.75) is 47.1 Å². The summed E-state index contributed by atoms with van der Waals surface area (Å²) >= 11 is 0. The van der Waals surface area contributed by atoms with Crippen LogP contribution in [0, 0.1) is 17.0 Å². The van der Waals surface area contributed by atoms with Gasteiger partial charge in [0.1, 0.15) is 12.4 Å². The summed E-state index contributed by atoms with van der Waals surface area (Å²) in [5, 5.41) is 16.3. The van der Waals surface area contributed by atoms with Crippen LogP contribution in [0.4, 0.5) is 5.69 Å². The molecule has 0 saturated carbocycles. The quantitative estimate of drug-likeness (QED) is 0.0798. The summed E-state index contributed by atoms with van der Waals surface area (Å²) in [5.41, 5.74) is 4.32. The van der Waals surface area contributed by atoms with Crippen molar-refractivity contribution in [1.82, 2.24) is 9.66 Å². The van der Waals surface area contributed by atoms with Gasteiger partial charge in [-0.1, -0.05) is 38.1 Å². The molecule has 0 amide bonds. The molecule has 0 N–H and O–H groups in total. The third kappa shape index (κ3) is 6.91. The Morgan fingerprint density at radius 2 is 1.67 bits per heavy atom. The van der Waals surface area contributed by atoms with Crippen molar-refractivity contribution in [1.29, 1.82) is 0 Å². The molecule has 4 aromatic carbocycles. The van der Waals surface area contributed by atoms with E-state index in [9.17, 15) is 14.9 Å². The number of non-ortho nitro benzene ring substituents is 1. The number of hydrogen-bond donors (Lipinski definition) is 0. The largest absolute Gasteiger partial charge is 0.494 e. The van der Waals surface area contributed by atoms with Crippen LogP contribution in [0.1, 0.15) is 55.9 Å². The van der Waals surface area contributed by atoms with Gasteiger partial charge in [-0.3, -0.25) is 14.9 Å². The molecule has 0 aliphatic heterocycles. The van der Waals surface area contributed by atoms with Gasteiger partial charge in [-0.05, 0) is 91.4 Å². The first-order chi connectivity index (χ1) is 22.2. The Labute approximate surface area is 267 Å². The molecule has 0 fully saturated rings. The molecular formula is C36H36N4O6. The molecule has 0 aliphatic rings. The van der Waals surface area contributed by atoms with E-state index >= 15 is 0 Å². The van der Waals surface area contributed by atoms with Gasteiger partial charge in [-0.2, -0.15) is 9.78 Å². The molecule has 46 heavy (non-hydrogen) atoms. The number of nitro groups is 1. The lowest BCUT2D eigenvalue weighted by molar-refractivity contribution is -0.384. The molecule has 5 rings (SSSR count). The Bertz CT molecular complexity index is 1980. The number of aryl methyl sites for hydroxylation is 1. The molecule has 0 spiro atoms. The van der Waals surface area contributed by atoms with Gasteiger partial charge < -0.3 is 14.2 Å². The molecule has 1 heterocycles. The second kappa shape index (κ2) is 14.1. The van der Waals surface area contributed by atoms with Crippen molar-refractivity contribution >= 4 is 22.8 Å². The van der Waals surface area contributed by atoms with E-state index in [0.29, 0.717) is 52.6 Å². The van der Waals surface area contributed by atoms with Gasteiger partial charge in [0.2, 0.25) is 0 Å². The van der Waals surface area contributed by atoms with Crippen LogP contribution >= 0.6 is 0 Å². The van der Waals surface area contributed by atoms with E-state index in [-0.39, 0.29) is 23.8 Å². The second-order valence-electron chi connectivity index (χ2n) is 11.0. The highest BCUT2D eigenvalue weighted by Gasteiger charge is 2.19. The summed E-state index contributed by atoms with van der Waals surface area (Å²) in [6, 6.07) is 22.9. The molecule has 0 aliphatic carbocycles. The maximum absolute atomic E-state index is 13.9. The zero-order valence-electron chi connectivity index (χ0n) is 26.5. The maximum atomic E-state index is 13.9. The van der Waals surface area contributed by atoms with Crippen molar-refractivity contribution < 1.29 is 19.1 Å². The Hall–Kier alpha value is -5.51. The predicted molar refractivity (Wildman–Crippen MR) is 179 cm³/mol. The van der Waals surface area contributed by atoms with Gasteiger partial charge in [0.25, 0.3) is 11.2 Å². The smallest absolute Gasteiger partial charge is 0.282 e. The Balaban J connectivity index is 1.54. The highest BCUT2D eigenvalue weighted by molar-refractivity contribution is 5.83. The van der Waals surface area contributed by atoms with Gasteiger partial charge in [0.15, 0.2) is 17.3 Å². The van der Waals surface area contributed by atoms with Crippen LogP contribution in [-0.4, -0.2) is 34.0 Å². The molecule has 0 radical (unpaired) electrons. The number of benzene rings is 4. The monoisotopic (exact) mass is 620 g/mol. The normalized spacial score (nSPS) is 11.3. The fraction of sp³-hybridized carbons (Fsp3) is 0.250. The third-order valence-corrected chi connectivity index (χ3v) is 7.38. The van der Waals surface area contributed by atoms with Crippen LogP contribution < -0.4 is 19.8 Å². The minimum Gasteiger partial charge on any atom is -0.494 e. The molecule has 10 nitrogen and oxygen atoms in total. The van der Waals surface area contributed by atoms with Gasteiger partial charge in [-0.25, -0.2) is 4.98 Å². The summed E-state index contributed by atoms with van der Waals surface area (Å²) in [7, 11) is 0. The average Bonchev–Trinajstić information content (AvgIpc) is 3.04. The van der Waals surface area contributed by atoms with E-state index in [2.05, 4.69) is 18.9 Å². The standard InChI is InChI=1S/C36H36N4O6/c1-6-44-33-17-24(5)30(20-29(33)23(3)4)35-38-31-14-9-8-13-28(31)36(41)39(35)37-21-25-15-16-32(34(19-25)45-7-2)46-22-26-11-10-12-27(18-26)40(42)43/h8-21,23H,6-7,22H2,1-5H3. The zero-order chi connectivity index (χ0) is 32.8. The van der Waals surface area contributed by atoms with Crippen molar-refractivity contribution in [2.75, 3.05) is 13.2 Å². The molecule has 1 aromatic heterocycles. The highest BCUT2D eigenvalue weighted by Crippen LogP contribution is 2.34. The SMILES string of the molecule is CCOc1cc(C=Nn2c(-c3cc(C(C)C)c(OCC)cc3C)nc3ccccc3c2=O)ccc1OCc1cccc([N+](=O)[O-])c1. The first-order valence-corrected chi connectivity index (χ1v) is 15.2. The van der Waals surface area contributed by atoms with E-state index < -0.39 is 4.92 Å². The van der Waals surface area contributed by atoms with E-state index in [1.165, 1.54) is 16.8 Å². The van der Waals surface area contributed by atoms with Crippen LogP contribution in [0.25, 0.3) is 22.3 Å². The number of nitro benzene ring substituents is 1. The lowest BCUT2D eigenvalue weighted by Gasteiger charge is -2.18. The first kappa shape index (κ1) is 31.9. The molecule has 0 saturated heterocycles. The van der Waals surface area contributed by atoms with Crippen molar-refractivity contribution in [3.05, 3.63) is 122 Å². The number of para-hydroxylation sites is 1. The van der Waals surface area contributed by atoms with E-state index in [1.807, 2.05) is 45.0 Å². The summed E-state index contributed by atoms with van der Waals surface area (Å²) in [6.07, 6.45) is 1.58. The lowest BCUT2D eigenvalue weighted by atomic mass is 9.96. The number of hydrogen-bond acceptors (Lipinski definition) is 8. The van der Waals surface area contributed by atoms with Crippen LogP contribution in [0.5, 0.6) is 17.2 Å². The van der Waals surface area contributed by atoms with Gasteiger partial charge in [-0.15, -0.1) is 0 Å². The van der Waals surface area contributed by atoms with E-state index in [1.54, 1.807) is 48.7 Å². The predicted octanol–water partition coefficient (Wildman–Crippen LogP) is 7.66. The fourth-order valence-corrected chi connectivity index (χ4v) is 5.11. The Morgan fingerprint density at radius 3 is 2.41 bits per heavy atom. The first-order valence-electron chi connectivity index (χ1n) is 15.2. The molecule has 5 aromatic rings. The molecular weight excluding hydrogens is 584 g/mol. The third-order valence-electron chi connectivity index (χ3n) is 7.38. The number of fused-ring (bicyclic) bond motifs is 1. The van der Waals surface area contributed by atoms with Crippen molar-refractivity contribution in [3.8, 4) is 28.6 Å². The molecule has 0 unspecified atom stereocenters. The number of rotatable bonds is 12. The minimum absolute atomic E-state index is 0.00339. The molecule has 236 valence electrons. The van der Waals surface area contributed by atoms with E-state index in [4.69, 9.17) is 19.2 Å². The second-order valence-corrected chi connectivity index (χ2v) is 11.0. The summed E-state index contributed by atoms with van der Waals surface area (Å²) in [6.45, 7) is 11.0. The lowest BCUT2D eigenvalue weighted by Crippen LogP contribution is -2.21. The van der Waals surface area contributed by atoms with Crippen LogP contribution in [0.3, 0.4) is 0 Å². The van der Waals surface area contributed by atoms with Gasteiger partial charge >= 0.3 is 0 Å². The Kier molecular flexibility index (Phi) is 9.76. The van der Waals surface area contributed by atoms with Crippen LogP contribution in [-0.2, 0) is 6.61 Å². The topological polar surface area (TPSA) is 118 Å². The van der Waals surface area contributed by atoms with Gasteiger partial charge in [0.05, 0.1) is 35.3 Å². The highest BCUT2D eigenvalue weighted by atomic mass is 16.6. The number of ether oxygens (including phenoxy) is 3. The average molecular weight is 621 g/mol. The molecule has 0 atom stereocenters. The van der Waals surface area contributed by atoms with Crippen molar-refractivity contribution in [2.24, 2.45) is 5.10 Å². The summed E-state index contributed by atoms with van der Waals surface area (Å²) in [4.78, 5) is 29.5. The van der Waals surface area contributed by atoms with Crippen LogP contribution in [0.2, 0.25) is 0 Å². The van der Waals surface area contributed by atoms with Crippen LogP contribution in [0.15, 0.2) is 88.8 Å². The van der Waals surface area contributed by atoms with Gasteiger partial charge in [0, 0.05) is 17.7 Å². The number of nitrogens with zero attached hydrogens (tertiary/aromatic N) is 4. The summed E-state index contributed by atoms with van der Waals surface area (Å²) in [5.74, 6) is 2.37. The maximum Gasteiger partial charge on any atom is 0.282 e. The van der Waals surface area contributed by atoms with Crippen molar-refractivity contribution in [3.63, 3.8) is 0 Å². The fourth-order valence-electron chi connectivity index (χ4n) is 5.11. The summed E-state index contributed by atoms with van der Waals surface area (Å²) < 4.78 is 19.1. The number of aromatic nitrogens is 2. The Morgan fingerprint density at radius 1 is 0.913 bits per heavy atom. The van der Waals surface area contributed by atoms with E-state index in [0.717, 1.165) is 22.4 Å². The minimum atomic E-state index is -0.439. The molecule has 0 bridgehead atoms.